The van der Waals surface area contributed by atoms with Crippen LogP contribution in [0.5, 0.6) is 0 Å². The fourth-order valence-corrected chi connectivity index (χ4v) is 4.55. The molecular weight excluding hydrogens is 358 g/mol. The SMILES string of the molecule is C#CCC1=C(C)[C@@H](OC(=O)[C@@H]2[C@@H](/C=C(\C#N)SCCCC)C2(C)C)CC1=O. The van der Waals surface area contributed by atoms with Crippen LogP contribution in [0.4, 0.5) is 0 Å². The molecule has 2 aliphatic carbocycles. The molecule has 2 aliphatic rings. The summed E-state index contributed by atoms with van der Waals surface area (Å²) < 4.78 is 5.67. The van der Waals surface area contributed by atoms with Crippen molar-refractivity contribution in [1.29, 1.82) is 5.26 Å². The van der Waals surface area contributed by atoms with Gasteiger partial charge in [0.2, 0.25) is 0 Å². The molecule has 0 aromatic carbocycles. The number of Topliss-reactive ketones (excluding diaryl/α,β-unsaturated/α-hetero) is 1. The summed E-state index contributed by atoms with van der Waals surface area (Å²) in [4.78, 5) is 25.4. The fourth-order valence-electron chi connectivity index (χ4n) is 3.59. The van der Waals surface area contributed by atoms with Crippen LogP contribution in [0.1, 0.15) is 53.4 Å². The quantitative estimate of drug-likeness (QED) is 0.268. The summed E-state index contributed by atoms with van der Waals surface area (Å²) >= 11 is 1.55. The van der Waals surface area contributed by atoms with E-state index in [2.05, 4.69) is 18.9 Å². The van der Waals surface area contributed by atoms with Crippen LogP contribution < -0.4 is 0 Å². The fraction of sp³-hybridized carbons (Fsp3) is 0.591. The third kappa shape index (κ3) is 4.66. The molecule has 0 radical (unpaired) electrons. The van der Waals surface area contributed by atoms with E-state index in [1.807, 2.05) is 26.8 Å². The Kier molecular flexibility index (Phi) is 6.95. The van der Waals surface area contributed by atoms with Crippen LogP contribution in [0.2, 0.25) is 0 Å². The number of esters is 1. The van der Waals surface area contributed by atoms with E-state index in [1.165, 1.54) is 0 Å². The van der Waals surface area contributed by atoms with E-state index in [4.69, 9.17) is 11.2 Å². The molecule has 144 valence electrons. The van der Waals surface area contributed by atoms with E-state index in [-0.39, 0.29) is 41.8 Å². The van der Waals surface area contributed by atoms with Gasteiger partial charge >= 0.3 is 5.97 Å². The van der Waals surface area contributed by atoms with Crippen molar-refractivity contribution in [3.05, 3.63) is 22.1 Å². The Balaban J connectivity index is 2.04. The number of thioether (sulfide) groups is 1. The van der Waals surface area contributed by atoms with Crippen LogP contribution in [0, 0.1) is 40.9 Å². The topological polar surface area (TPSA) is 67.2 Å². The molecule has 0 saturated heterocycles. The summed E-state index contributed by atoms with van der Waals surface area (Å²) in [6.45, 7) is 7.95. The number of nitrogens with zero attached hydrogens (tertiary/aromatic N) is 1. The first kappa shape index (κ1) is 21.3. The molecule has 27 heavy (non-hydrogen) atoms. The lowest BCUT2D eigenvalue weighted by Crippen LogP contribution is -2.20. The summed E-state index contributed by atoms with van der Waals surface area (Å²) in [5.74, 6) is 2.77. The molecular formula is C22H27NO3S. The van der Waals surface area contributed by atoms with Gasteiger partial charge in [-0.2, -0.15) is 5.26 Å². The third-order valence-electron chi connectivity index (χ3n) is 5.56. The van der Waals surface area contributed by atoms with Crippen molar-refractivity contribution < 1.29 is 14.3 Å². The van der Waals surface area contributed by atoms with Crippen molar-refractivity contribution in [2.75, 3.05) is 5.75 Å². The second-order valence-corrected chi connectivity index (χ2v) is 8.90. The Morgan fingerprint density at radius 2 is 2.19 bits per heavy atom. The number of hydrogen-bond acceptors (Lipinski definition) is 5. The first-order valence-electron chi connectivity index (χ1n) is 9.39. The molecule has 3 atom stereocenters. The second-order valence-electron chi connectivity index (χ2n) is 7.76. The maximum absolute atomic E-state index is 12.7. The first-order valence-corrected chi connectivity index (χ1v) is 10.4. The van der Waals surface area contributed by atoms with Crippen LogP contribution in [-0.4, -0.2) is 23.6 Å². The number of carbonyl (C=O) groups excluding carboxylic acids is 2. The smallest absolute Gasteiger partial charge is 0.310 e. The number of carbonyl (C=O) groups is 2. The Morgan fingerprint density at radius 3 is 2.78 bits per heavy atom. The number of hydrogen-bond donors (Lipinski definition) is 0. The average molecular weight is 386 g/mol. The van der Waals surface area contributed by atoms with Crippen molar-refractivity contribution in [3.63, 3.8) is 0 Å². The number of ether oxygens (including phenoxy) is 1. The molecule has 0 heterocycles. The minimum absolute atomic E-state index is 0.0136. The normalized spacial score (nSPS) is 26.5. The molecule has 0 unspecified atom stereocenters. The van der Waals surface area contributed by atoms with Crippen molar-refractivity contribution in [2.45, 2.75) is 59.5 Å². The molecule has 4 nitrogen and oxygen atoms in total. The van der Waals surface area contributed by atoms with Gasteiger partial charge < -0.3 is 4.74 Å². The molecule has 0 bridgehead atoms. The van der Waals surface area contributed by atoms with Crippen molar-refractivity contribution in [2.24, 2.45) is 17.3 Å². The highest BCUT2D eigenvalue weighted by molar-refractivity contribution is 8.03. The van der Waals surface area contributed by atoms with E-state index in [9.17, 15) is 14.9 Å². The Hall–Kier alpha value is -1.98. The van der Waals surface area contributed by atoms with Gasteiger partial charge in [0, 0.05) is 12.0 Å². The van der Waals surface area contributed by atoms with Crippen LogP contribution in [0.15, 0.2) is 22.1 Å². The molecule has 2 rings (SSSR count). The highest BCUT2D eigenvalue weighted by Gasteiger charge is 2.62. The Labute approximate surface area is 166 Å². The second kappa shape index (κ2) is 8.81. The van der Waals surface area contributed by atoms with Gasteiger partial charge in [0.15, 0.2) is 5.78 Å². The molecule has 1 fully saturated rings. The summed E-state index contributed by atoms with van der Waals surface area (Å²) in [5, 5.41) is 9.36. The van der Waals surface area contributed by atoms with Crippen LogP contribution in [0.25, 0.3) is 0 Å². The first-order chi connectivity index (χ1) is 12.8. The van der Waals surface area contributed by atoms with E-state index in [0.717, 1.165) is 24.2 Å². The zero-order valence-electron chi connectivity index (χ0n) is 16.5. The van der Waals surface area contributed by atoms with Crippen molar-refractivity contribution >= 4 is 23.5 Å². The summed E-state index contributed by atoms with van der Waals surface area (Å²) in [6.07, 6.45) is 9.32. The van der Waals surface area contributed by atoms with Gasteiger partial charge in [-0.3, -0.25) is 9.59 Å². The van der Waals surface area contributed by atoms with Gasteiger partial charge in [0.05, 0.1) is 17.2 Å². The predicted molar refractivity (Wildman–Crippen MR) is 107 cm³/mol. The van der Waals surface area contributed by atoms with Crippen LogP contribution in [0.3, 0.4) is 0 Å². The molecule has 0 aromatic heterocycles. The summed E-state index contributed by atoms with van der Waals surface area (Å²) in [6, 6.07) is 2.24. The minimum atomic E-state index is -0.510. The van der Waals surface area contributed by atoms with Gasteiger partial charge in [-0.05, 0) is 36.0 Å². The lowest BCUT2D eigenvalue weighted by molar-refractivity contribution is -0.150. The monoisotopic (exact) mass is 385 g/mol. The maximum atomic E-state index is 12.7. The van der Waals surface area contributed by atoms with E-state index in [1.54, 1.807) is 11.8 Å². The lowest BCUT2D eigenvalue weighted by atomic mass is 10.1. The molecule has 0 spiro atoms. The number of terminal acetylenes is 1. The minimum Gasteiger partial charge on any atom is -0.457 e. The van der Waals surface area contributed by atoms with Gasteiger partial charge in [0.25, 0.3) is 0 Å². The zero-order chi connectivity index (χ0) is 20.2. The molecule has 1 saturated carbocycles. The van der Waals surface area contributed by atoms with Crippen LogP contribution >= 0.6 is 11.8 Å². The number of unbranched alkanes of at least 4 members (excludes halogenated alkanes) is 1. The number of allylic oxidation sites excluding steroid dienone is 3. The molecule has 5 heteroatoms. The maximum Gasteiger partial charge on any atom is 0.310 e. The van der Waals surface area contributed by atoms with E-state index >= 15 is 0 Å². The van der Waals surface area contributed by atoms with E-state index < -0.39 is 6.10 Å². The van der Waals surface area contributed by atoms with Gasteiger partial charge in [-0.1, -0.05) is 33.3 Å². The average Bonchev–Trinajstić information content (AvgIpc) is 3.06. The number of nitriles is 1. The number of rotatable bonds is 8. The summed E-state index contributed by atoms with van der Waals surface area (Å²) in [7, 11) is 0. The highest BCUT2D eigenvalue weighted by Crippen LogP contribution is 2.60. The van der Waals surface area contributed by atoms with Crippen molar-refractivity contribution in [3.8, 4) is 18.4 Å². The van der Waals surface area contributed by atoms with Gasteiger partial charge in [-0.15, -0.1) is 24.1 Å². The van der Waals surface area contributed by atoms with Gasteiger partial charge in [0.1, 0.15) is 12.2 Å². The van der Waals surface area contributed by atoms with Crippen molar-refractivity contribution in [1.82, 2.24) is 0 Å². The third-order valence-corrected chi connectivity index (χ3v) is 6.60. The molecule has 0 aliphatic heterocycles. The Bertz CT molecular complexity index is 763. The van der Waals surface area contributed by atoms with E-state index in [0.29, 0.717) is 10.5 Å². The molecule has 0 N–H and O–H groups in total. The largest absolute Gasteiger partial charge is 0.457 e. The molecule has 0 amide bonds. The van der Waals surface area contributed by atoms with Gasteiger partial charge in [-0.25, -0.2) is 0 Å². The lowest BCUT2D eigenvalue weighted by Gasteiger charge is -2.13. The number of ketones is 1. The standard InChI is InChI=1S/C22H27NO3S/c1-6-8-10-27-15(13-23)11-17-20(22(17,4)5)21(25)26-19-12-18(24)16(9-7-2)14(19)3/h2,11,17,19-20H,6,8-10,12H2,1,3-5H3/b15-11+/t17-,19+,20+/m1/s1. The zero-order valence-corrected chi connectivity index (χ0v) is 17.3. The predicted octanol–water partition coefficient (Wildman–Crippen LogP) is 4.42. The molecule has 0 aromatic rings. The summed E-state index contributed by atoms with van der Waals surface area (Å²) in [5.41, 5.74) is 1.12. The highest BCUT2D eigenvalue weighted by atomic mass is 32.2. The van der Waals surface area contributed by atoms with Crippen LogP contribution in [-0.2, 0) is 14.3 Å². The Morgan fingerprint density at radius 1 is 1.48 bits per heavy atom.